The molecule has 1 aliphatic carbocycles. The van der Waals surface area contributed by atoms with E-state index in [2.05, 4.69) is 10.2 Å². The van der Waals surface area contributed by atoms with Crippen molar-refractivity contribution >= 4 is 11.8 Å². The first kappa shape index (κ1) is 13.7. The highest BCUT2D eigenvalue weighted by atomic mass is 32.2. The first-order chi connectivity index (χ1) is 8.52. The molecular weight excluding hydrogens is 258 g/mol. The molecule has 0 aliphatic heterocycles. The van der Waals surface area contributed by atoms with Crippen LogP contribution in [0.5, 0.6) is 0 Å². The lowest BCUT2D eigenvalue weighted by Gasteiger charge is -2.28. The number of nitrogens with two attached hydrogens (primary N) is 1. The van der Waals surface area contributed by atoms with Gasteiger partial charge in [0.05, 0.1) is 6.54 Å². The Kier molecular flexibility index (Phi) is 4.21. The third-order valence-corrected chi connectivity index (χ3v) is 4.55. The maximum atomic E-state index is 13.3. The molecule has 18 heavy (non-hydrogen) atoms. The van der Waals surface area contributed by atoms with Crippen molar-refractivity contribution in [2.24, 2.45) is 18.7 Å². The first-order valence-corrected chi connectivity index (χ1v) is 7.09. The summed E-state index contributed by atoms with van der Waals surface area (Å²) in [6.45, 7) is 0.339. The number of nitrogens with zero attached hydrogens (tertiary/aromatic N) is 3. The van der Waals surface area contributed by atoms with Gasteiger partial charge in [-0.15, -0.1) is 10.2 Å². The van der Waals surface area contributed by atoms with Crippen LogP contribution in [0.4, 0.5) is 8.78 Å². The van der Waals surface area contributed by atoms with Crippen molar-refractivity contribution in [3.63, 3.8) is 0 Å². The molecule has 1 saturated carbocycles. The molecule has 1 fully saturated rings. The lowest BCUT2D eigenvalue weighted by molar-refractivity contribution is -0.0487. The molecule has 1 aliphatic rings. The fraction of sp³-hybridized carbons (Fsp3) is 0.818. The summed E-state index contributed by atoms with van der Waals surface area (Å²) >= 11 is 1.49. The van der Waals surface area contributed by atoms with Crippen LogP contribution in [-0.4, -0.2) is 26.4 Å². The van der Waals surface area contributed by atoms with Gasteiger partial charge in [-0.2, -0.15) is 0 Å². The van der Waals surface area contributed by atoms with Gasteiger partial charge in [0.2, 0.25) is 5.92 Å². The highest BCUT2D eigenvalue weighted by Crippen LogP contribution is 2.38. The predicted octanol–water partition coefficient (Wildman–Crippen LogP) is 2.19. The standard InChI is InChI=1S/C11H18F2N4S/c1-17-9(6-14)15-16-10(17)18-7-8-3-2-4-11(12,13)5-8/h8H,2-7,14H2,1H3. The van der Waals surface area contributed by atoms with Crippen LogP contribution in [0.25, 0.3) is 0 Å². The summed E-state index contributed by atoms with van der Waals surface area (Å²) < 4.78 is 28.3. The summed E-state index contributed by atoms with van der Waals surface area (Å²) in [4.78, 5) is 0. The molecule has 0 amide bonds. The second-order valence-electron chi connectivity index (χ2n) is 4.79. The van der Waals surface area contributed by atoms with Gasteiger partial charge in [0.1, 0.15) is 5.82 Å². The van der Waals surface area contributed by atoms with E-state index in [-0.39, 0.29) is 18.8 Å². The minimum atomic E-state index is -2.48. The molecule has 2 rings (SSSR count). The van der Waals surface area contributed by atoms with Crippen LogP contribution < -0.4 is 5.73 Å². The van der Waals surface area contributed by atoms with Crippen LogP contribution in [0.15, 0.2) is 5.16 Å². The van der Waals surface area contributed by atoms with Crippen LogP contribution in [0.2, 0.25) is 0 Å². The van der Waals surface area contributed by atoms with E-state index < -0.39 is 5.92 Å². The number of aromatic nitrogens is 3. The topological polar surface area (TPSA) is 56.7 Å². The van der Waals surface area contributed by atoms with Gasteiger partial charge < -0.3 is 10.3 Å². The summed E-state index contributed by atoms with van der Waals surface area (Å²) in [5, 5.41) is 8.72. The van der Waals surface area contributed by atoms with Crippen LogP contribution >= 0.6 is 11.8 Å². The molecule has 7 heteroatoms. The predicted molar refractivity (Wildman–Crippen MR) is 66.5 cm³/mol. The van der Waals surface area contributed by atoms with Gasteiger partial charge in [0, 0.05) is 25.6 Å². The van der Waals surface area contributed by atoms with E-state index in [4.69, 9.17) is 5.73 Å². The Morgan fingerprint density at radius 1 is 1.50 bits per heavy atom. The maximum Gasteiger partial charge on any atom is 0.248 e. The van der Waals surface area contributed by atoms with Crippen molar-refractivity contribution in [3.8, 4) is 0 Å². The van der Waals surface area contributed by atoms with Crippen molar-refractivity contribution in [3.05, 3.63) is 5.82 Å². The molecule has 0 bridgehead atoms. The summed E-state index contributed by atoms with van der Waals surface area (Å²) in [7, 11) is 1.85. The Morgan fingerprint density at radius 3 is 2.89 bits per heavy atom. The minimum absolute atomic E-state index is 0.00158. The van der Waals surface area contributed by atoms with Crippen molar-refractivity contribution in [1.29, 1.82) is 0 Å². The summed E-state index contributed by atoms with van der Waals surface area (Å²) in [6.07, 6.45) is 1.53. The van der Waals surface area contributed by atoms with Crippen molar-refractivity contribution in [1.82, 2.24) is 14.8 Å². The molecule has 4 nitrogen and oxygen atoms in total. The van der Waals surface area contributed by atoms with Gasteiger partial charge in [-0.25, -0.2) is 8.78 Å². The number of hydrogen-bond acceptors (Lipinski definition) is 4. The van der Waals surface area contributed by atoms with E-state index in [9.17, 15) is 8.78 Å². The molecule has 2 N–H and O–H groups in total. The normalized spacial score (nSPS) is 23.2. The molecule has 1 unspecified atom stereocenters. The van der Waals surface area contributed by atoms with E-state index >= 15 is 0 Å². The Morgan fingerprint density at radius 2 is 2.28 bits per heavy atom. The average molecular weight is 276 g/mol. The maximum absolute atomic E-state index is 13.3. The van der Waals surface area contributed by atoms with E-state index in [0.29, 0.717) is 24.5 Å². The molecule has 0 radical (unpaired) electrons. The van der Waals surface area contributed by atoms with Gasteiger partial charge in [0.25, 0.3) is 0 Å². The second kappa shape index (κ2) is 5.52. The highest BCUT2D eigenvalue weighted by Gasteiger charge is 2.36. The Labute approximate surface area is 109 Å². The van der Waals surface area contributed by atoms with Gasteiger partial charge in [-0.1, -0.05) is 11.8 Å². The zero-order valence-electron chi connectivity index (χ0n) is 10.4. The number of hydrogen-bond donors (Lipinski definition) is 1. The third-order valence-electron chi connectivity index (χ3n) is 3.30. The van der Waals surface area contributed by atoms with E-state index in [1.165, 1.54) is 11.8 Å². The smallest absolute Gasteiger partial charge is 0.248 e. The molecule has 1 heterocycles. The molecule has 1 aromatic heterocycles. The molecular formula is C11H18F2N4S. The molecule has 0 aromatic carbocycles. The van der Waals surface area contributed by atoms with Crippen molar-refractivity contribution in [2.45, 2.75) is 43.3 Å². The Hall–Kier alpha value is -0.690. The van der Waals surface area contributed by atoms with Gasteiger partial charge >= 0.3 is 0 Å². The molecule has 0 saturated heterocycles. The molecule has 0 spiro atoms. The molecule has 102 valence electrons. The zero-order valence-corrected chi connectivity index (χ0v) is 11.2. The first-order valence-electron chi connectivity index (χ1n) is 6.11. The summed E-state index contributed by atoms with van der Waals surface area (Å²) in [5.74, 6) is -1.03. The molecule has 1 aromatic rings. The van der Waals surface area contributed by atoms with E-state index in [1.54, 1.807) is 0 Å². The van der Waals surface area contributed by atoms with Crippen LogP contribution in [0.1, 0.15) is 31.5 Å². The van der Waals surface area contributed by atoms with Crippen molar-refractivity contribution < 1.29 is 8.78 Å². The number of rotatable bonds is 4. The molecule has 1 atom stereocenters. The lowest BCUT2D eigenvalue weighted by atomic mass is 9.88. The van der Waals surface area contributed by atoms with Crippen LogP contribution in [0.3, 0.4) is 0 Å². The monoisotopic (exact) mass is 276 g/mol. The SMILES string of the molecule is Cn1c(CN)nnc1SCC1CCCC(F)(F)C1. The summed E-state index contributed by atoms with van der Waals surface area (Å²) in [6, 6.07) is 0. The zero-order chi connectivity index (χ0) is 13.2. The quantitative estimate of drug-likeness (QED) is 0.856. The van der Waals surface area contributed by atoms with Crippen LogP contribution in [0, 0.1) is 5.92 Å². The number of halogens is 2. The Bertz CT molecular complexity index is 408. The number of thioether (sulfide) groups is 1. The highest BCUT2D eigenvalue weighted by molar-refractivity contribution is 7.99. The van der Waals surface area contributed by atoms with Gasteiger partial charge in [-0.05, 0) is 18.8 Å². The number of alkyl halides is 2. The largest absolute Gasteiger partial charge is 0.324 e. The van der Waals surface area contributed by atoms with Crippen molar-refractivity contribution in [2.75, 3.05) is 5.75 Å². The summed E-state index contributed by atoms with van der Waals surface area (Å²) in [5.41, 5.74) is 5.51. The third kappa shape index (κ3) is 3.20. The lowest BCUT2D eigenvalue weighted by Crippen LogP contribution is -2.27. The fourth-order valence-corrected chi connectivity index (χ4v) is 3.33. The van der Waals surface area contributed by atoms with Crippen LogP contribution in [-0.2, 0) is 13.6 Å². The van der Waals surface area contributed by atoms with Gasteiger partial charge in [-0.3, -0.25) is 0 Å². The minimum Gasteiger partial charge on any atom is -0.324 e. The van der Waals surface area contributed by atoms with E-state index in [0.717, 1.165) is 11.6 Å². The average Bonchev–Trinajstić information content (AvgIpc) is 2.66. The van der Waals surface area contributed by atoms with E-state index in [1.807, 2.05) is 11.6 Å². The second-order valence-corrected chi connectivity index (χ2v) is 5.78. The van der Waals surface area contributed by atoms with Gasteiger partial charge in [0.15, 0.2) is 5.16 Å². The Balaban J connectivity index is 1.89. The fourth-order valence-electron chi connectivity index (χ4n) is 2.26.